The molecule has 0 unspecified atom stereocenters. The average molecular weight is 328 g/mol. The van der Waals surface area contributed by atoms with Gasteiger partial charge in [-0.2, -0.15) is 0 Å². The molecule has 0 bridgehead atoms. The summed E-state index contributed by atoms with van der Waals surface area (Å²) in [5.41, 5.74) is 1.72. The third-order valence-electron chi connectivity index (χ3n) is 3.70. The van der Waals surface area contributed by atoms with Crippen molar-refractivity contribution in [1.82, 2.24) is 9.55 Å². The standard InChI is InChI=1S/C19H24N2O3/c1-6-7-8-21-18(16(12(2)3)17(22)20-19(21)23)24-15-10-13(4)9-14(5)11-15/h6-7,9-12H,8H2,1-5H3,(H,20,22,23). The Kier molecular flexibility index (Phi) is 5.44. The van der Waals surface area contributed by atoms with E-state index >= 15 is 0 Å². The number of hydrogen-bond donors (Lipinski definition) is 1. The molecule has 24 heavy (non-hydrogen) atoms. The Morgan fingerprint density at radius 1 is 1.17 bits per heavy atom. The molecule has 0 aliphatic carbocycles. The first-order valence-corrected chi connectivity index (χ1v) is 8.07. The van der Waals surface area contributed by atoms with Crippen LogP contribution in [0, 0.1) is 13.8 Å². The Hall–Kier alpha value is -2.56. The van der Waals surface area contributed by atoms with Gasteiger partial charge in [0.1, 0.15) is 5.75 Å². The van der Waals surface area contributed by atoms with Crippen molar-refractivity contribution >= 4 is 0 Å². The molecule has 5 heteroatoms. The van der Waals surface area contributed by atoms with E-state index in [4.69, 9.17) is 4.74 Å². The molecule has 0 fully saturated rings. The van der Waals surface area contributed by atoms with Crippen molar-refractivity contribution < 1.29 is 4.74 Å². The highest BCUT2D eigenvalue weighted by atomic mass is 16.5. The molecular formula is C19H24N2O3. The lowest BCUT2D eigenvalue weighted by Crippen LogP contribution is -2.33. The number of aryl methyl sites for hydroxylation is 2. The highest BCUT2D eigenvalue weighted by molar-refractivity contribution is 5.38. The Bertz CT molecular complexity index is 853. The first kappa shape index (κ1) is 17.8. The first-order chi connectivity index (χ1) is 11.3. The van der Waals surface area contributed by atoms with Crippen molar-refractivity contribution in [3.8, 4) is 11.6 Å². The van der Waals surface area contributed by atoms with Crippen LogP contribution in [0.4, 0.5) is 0 Å². The molecule has 0 saturated carbocycles. The maximum atomic E-state index is 12.3. The van der Waals surface area contributed by atoms with Crippen LogP contribution < -0.4 is 16.0 Å². The van der Waals surface area contributed by atoms with Crippen LogP contribution in [0.5, 0.6) is 11.6 Å². The highest BCUT2D eigenvalue weighted by Gasteiger charge is 2.19. The molecule has 2 aromatic rings. The van der Waals surface area contributed by atoms with Gasteiger partial charge in [-0.15, -0.1) is 0 Å². The molecule has 1 aromatic heterocycles. The predicted octanol–water partition coefficient (Wildman–Crippen LogP) is 3.65. The van der Waals surface area contributed by atoms with Gasteiger partial charge < -0.3 is 4.74 Å². The number of aromatic amines is 1. The largest absolute Gasteiger partial charge is 0.440 e. The molecule has 0 radical (unpaired) electrons. The minimum atomic E-state index is -0.470. The number of ether oxygens (including phenoxy) is 1. The lowest BCUT2D eigenvalue weighted by atomic mass is 10.1. The van der Waals surface area contributed by atoms with Crippen LogP contribution in [0.25, 0.3) is 0 Å². The van der Waals surface area contributed by atoms with Crippen molar-refractivity contribution in [2.75, 3.05) is 0 Å². The quantitative estimate of drug-likeness (QED) is 0.852. The van der Waals surface area contributed by atoms with E-state index in [0.717, 1.165) is 11.1 Å². The van der Waals surface area contributed by atoms with Crippen LogP contribution in [0.3, 0.4) is 0 Å². The molecule has 5 nitrogen and oxygen atoms in total. The van der Waals surface area contributed by atoms with Gasteiger partial charge >= 0.3 is 5.69 Å². The second-order valence-corrected chi connectivity index (χ2v) is 6.24. The molecule has 0 amide bonds. The lowest BCUT2D eigenvalue weighted by molar-refractivity contribution is 0.411. The van der Waals surface area contributed by atoms with Gasteiger partial charge in [-0.05, 0) is 49.9 Å². The molecule has 0 saturated heterocycles. The third-order valence-corrected chi connectivity index (χ3v) is 3.70. The van der Waals surface area contributed by atoms with E-state index in [-0.39, 0.29) is 5.92 Å². The van der Waals surface area contributed by atoms with Crippen LogP contribution in [0.1, 0.15) is 43.4 Å². The molecule has 0 atom stereocenters. The van der Waals surface area contributed by atoms with Crippen molar-refractivity contribution in [3.05, 3.63) is 67.9 Å². The Balaban J connectivity index is 2.68. The number of nitrogens with zero attached hydrogens (tertiary/aromatic N) is 1. The van der Waals surface area contributed by atoms with Crippen LogP contribution in [-0.2, 0) is 6.54 Å². The minimum Gasteiger partial charge on any atom is -0.440 e. The van der Waals surface area contributed by atoms with Gasteiger partial charge in [-0.1, -0.05) is 32.1 Å². The van der Waals surface area contributed by atoms with Gasteiger partial charge in [-0.25, -0.2) is 4.79 Å². The summed E-state index contributed by atoms with van der Waals surface area (Å²) in [5.74, 6) is 0.850. The van der Waals surface area contributed by atoms with E-state index in [2.05, 4.69) is 4.98 Å². The van der Waals surface area contributed by atoms with Crippen LogP contribution in [0.2, 0.25) is 0 Å². The summed E-state index contributed by atoms with van der Waals surface area (Å²) < 4.78 is 7.48. The number of aromatic nitrogens is 2. The van der Waals surface area contributed by atoms with Crippen molar-refractivity contribution in [2.24, 2.45) is 0 Å². The Labute approximate surface area is 141 Å². The molecule has 1 N–H and O–H groups in total. The summed E-state index contributed by atoms with van der Waals surface area (Å²) in [5, 5.41) is 0. The van der Waals surface area contributed by atoms with E-state index < -0.39 is 11.2 Å². The monoisotopic (exact) mass is 328 g/mol. The highest BCUT2D eigenvalue weighted by Crippen LogP contribution is 2.28. The van der Waals surface area contributed by atoms with Crippen molar-refractivity contribution in [1.29, 1.82) is 0 Å². The minimum absolute atomic E-state index is 0.0767. The fourth-order valence-electron chi connectivity index (χ4n) is 2.67. The van der Waals surface area contributed by atoms with E-state index in [0.29, 0.717) is 23.7 Å². The normalized spacial score (nSPS) is 11.4. The molecule has 1 aromatic carbocycles. The summed E-state index contributed by atoms with van der Waals surface area (Å²) >= 11 is 0. The van der Waals surface area contributed by atoms with E-state index in [1.807, 2.05) is 65.0 Å². The molecule has 0 aliphatic rings. The number of H-pyrrole nitrogens is 1. The zero-order valence-electron chi connectivity index (χ0n) is 14.8. The summed E-state index contributed by atoms with van der Waals surface area (Å²) in [6.45, 7) is 9.99. The average Bonchev–Trinajstić information content (AvgIpc) is 2.45. The number of hydrogen-bond acceptors (Lipinski definition) is 3. The summed E-state index contributed by atoms with van der Waals surface area (Å²) in [7, 11) is 0. The third kappa shape index (κ3) is 3.85. The van der Waals surface area contributed by atoms with Crippen molar-refractivity contribution in [2.45, 2.75) is 47.1 Å². The van der Waals surface area contributed by atoms with Gasteiger partial charge in [0.15, 0.2) is 0 Å². The Morgan fingerprint density at radius 3 is 2.33 bits per heavy atom. The van der Waals surface area contributed by atoms with Gasteiger partial charge in [0, 0.05) is 6.54 Å². The SMILES string of the molecule is CC=CCn1c(Oc2cc(C)cc(C)c2)c(C(C)C)c(=O)[nH]c1=O. The zero-order valence-corrected chi connectivity index (χ0v) is 14.8. The van der Waals surface area contributed by atoms with Gasteiger partial charge in [0.2, 0.25) is 5.88 Å². The van der Waals surface area contributed by atoms with E-state index in [1.54, 1.807) is 0 Å². The molecule has 0 aliphatic heterocycles. The first-order valence-electron chi connectivity index (χ1n) is 8.07. The molecule has 0 spiro atoms. The molecular weight excluding hydrogens is 304 g/mol. The zero-order chi connectivity index (χ0) is 17.9. The topological polar surface area (TPSA) is 64.1 Å². The fraction of sp³-hybridized carbons (Fsp3) is 0.368. The summed E-state index contributed by atoms with van der Waals surface area (Å²) in [4.78, 5) is 26.9. The second-order valence-electron chi connectivity index (χ2n) is 6.24. The van der Waals surface area contributed by atoms with Crippen LogP contribution >= 0.6 is 0 Å². The number of nitrogens with one attached hydrogen (secondary N) is 1. The van der Waals surface area contributed by atoms with E-state index in [1.165, 1.54) is 4.57 Å². The van der Waals surface area contributed by atoms with Crippen LogP contribution in [0.15, 0.2) is 39.9 Å². The van der Waals surface area contributed by atoms with E-state index in [9.17, 15) is 9.59 Å². The number of benzene rings is 1. The summed E-state index contributed by atoms with van der Waals surface area (Å²) in [6.07, 6.45) is 3.70. The fourth-order valence-corrected chi connectivity index (χ4v) is 2.67. The number of allylic oxidation sites excluding steroid dienone is 2. The predicted molar refractivity (Wildman–Crippen MR) is 96.2 cm³/mol. The molecule has 128 valence electrons. The van der Waals surface area contributed by atoms with Crippen LogP contribution in [-0.4, -0.2) is 9.55 Å². The van der Waals surface area contributed by atoms with Gasteiger partial charge in [0.25, 0.3) is 5.56 Å². The molecule has 1 heterocycles. The second kappa shape index (κ2) is 7.34. The smallest absolute Gasteiger partial charge is 0.331 e. The van der Waals surface area contributed by atoms with Crippen molar-refractivity contribution in [3.63, 3.8) is 0 Å². The van der Waals surface area contributed by atoms with Gasteiger partial charge in [-0.3, -0.25) is 14.3 Å². The summed E-state index contributed by atoms with van der Waals surface area (Å²) in [6, 6.07) is 5.83. The Morgan fingerprint density at radius 2 is 1.79 bits per heavy atom. The maximum absolute atomic E-state index is 12.3. The lowest BCUT2D eigenvalue weighted by Gasteiger charge is -2.18. The maximum Gasteiger partial charge on any atom is 0.331 e. The van der Waals surface area contributed by atoms with Gasteiger partial charge in [0.05, 0.1) is 5.56 Å². The molecule has 2 rings (SSSR count). The number of rotatable bonds is 5.